The van der Waals surface area contributed by atoms with E-state index in [-0.39, 0.29) is 11.3 Å². The Labute approximate surface area is 132 Å². The van der Waals surface area contributed by atoms with E-state index in [1.807, 2.05) is 49.4 Å². The highest BCUT2D eigenvalue weighted by Crippen LogP contribution is 2.23. The van der Waals surface area contributed by atoms with Crippen LogP contribution >= 0.6 is 0 Å². The van der Waals surface area contributed by atoms with E-state index < -0.39 is 0 Å². The van der Waals surface area contributed by atoms with Gasteiger partial charge in [0.15, 0.2) is 0 Å². The van der Waals surface area contributed by atoms with Gasteiger partial charge < -0.3 is 5.32 Å². The first-order valence-corrected chi connectivity index (χ1v) is 7.51. The summed E-state index contributed by atoms with van der Waals surface area (Å²) in [5.74, 6) is -0.119. The topological polar surface area (TPSA) is 29.1 Å². The van der Waals surface area contributed by atoms with E-state index in [1.54, 1.807) is 6.08 Å². The maximum absolute atomic E-state index is 12.0. The van der Waals surface area contributed by atoms with Crippen LogP contribution in [0.15, 0.2) is 54.6 Å². The molecule has 0 saturated heterocycles. The van der Waals surface area contributed by atoms with Gasteiger partial charge in [-0.15, -0.1) is 0 Å². The summed E-state index contributed by atoms with van der Waals surface area (Å²) in [4.78, 5) is 12.0. The largest absolute Gasteiger partial charge is 0.323 e. The standard InChI is InChI=1S/C20H23NO/c1-15-7-5-6-8-16(15)9-14-19(22)21-18-12-10-17(11-13-18)20(2,3)4/h5-14H,1-4H3,(H,21,22)/b14-9+. The van der Waals surface area contributed by atoms with E-state index in [4.69, 9.17) is 0 Å². The molecule has 0 atom stereocenters. The fourth-order valence-electron chi connectivity index (χ4n) is 2.18. The predicted octanol–water partition coefficient (Wildman–Crippen LogP) is 4.94. The van der Waals surface area contributed by atoms with Crippen molar-refractivity contribution in [2.24, 2.45) is 0 Å². The van der Waals surface area contributed by atoms with Gasteiger partial charge in [-0.25, -0.2) is 0 Å². The first kappa shape index (κ1) is 16.0. The van der Waals surface area contributed by atoms with Crippen LogP contribution in [-0.4, -0.2) is 5.91 Å². The normalized spacial score (nSPS) is 11.6. The number of carbonyl (C=O) groups excluding carboxylic acids is 1. The number of nitrogens with one attached hydrogen (secondary N) is 1. The van der Waals surface area contributed by atoms with Gasteiger partial charge >= 0.3 is 0 Å². The van der Waals surface area contributed by atoms with Crippen LogP contribution in [-0.2, 0) is 10.2 Å². The number of rotatable bonds is 3. The van der Waals surface area contributed by atoms with Crippen LogP contribution in [0.4, 0.5) is 5.69 Å². The summed E-state index contributed by atoms with van der Waals surface area (Å²) >= 11 is 0. The molecule has 0 spiro atoms. The highest BCUT2D eigenvalue weighted by atomic mass is 16.1. The van der Waals surface area contributed by atoms with Gasteiger partial charge in [0.2, 0.25) is 5.91 Å². The molecule has 2 heteroatoms. The molecule has 0 aromatic heterocycles. The lowest BCUT2D eigenvalue weighted by atomic mass is 9.87. The van der Waals surface area contributed by atoms with Crippen LogP contribution in [0.25, 0.3) is 6.08 Å². The fraction of sp³-hybridized carbons (Fsp3) is 0.250. The number of anilines is 1. The quantitative estimate of drug-likeness (QED) is 0.797. The fourth-order valence-corrected chi connectivity index (χ4v) is 2.18. The Balaban J connectivity index is 2.02. The van der Waals surface area contributed by atoms with Gasteiger partial charge in [-0.1, -0.05) is 57.2 Å². The van der Waals surface area contributed by atoms with Crippen molar-refractivity contribution in [3.63, 3.8) is 0 Å². The molecule has 0 fully saturated rings. The molecule has 0 aliphatic rings. The maximum atomic E-state index is 12.0. The minimum absolute atomic E-state index is 0.118. The van der Waals surface area contributed by atoms with Crippen molar-refractivity contribution < 1.29 is 4.79 Å². The second-order valence-corrected chi connectivity index (χ2v) is 6.51. The second kappa shape index (κ2) is 6.61. The molecular formula is C20H23NO. The molecule has 0 unspecified atom stereocenters. The first-order valence-electron chi connectivity index (χ1n) is 7.51. The van der Waals surface area contributed by atoms with Crippen LogP contribution in [0.2, 0.25) is 0 Å². The number of carbonyl (C=O) groups is 1. The number of amides is 1. The number of hydrogen-bond acceptors (Lipinski definition) is 1. The molecule has 114 valence electrons. The Morgan fingerprint density at radius 3 is 2.23 bits per heavy atom. The van der Waals surface area contributed by atoms with Gasteiger partial charge in [-0.05, 0) is 47.2 Å². The third-order valence-electron chi connectivity index (χ3n) is 3.62. The Morgan fingerprint density at radius 2 is 1.64 bits per heavy atom. The highest BCUT2D eigenvalue weighted by molar-refractivity contribution is 6.02. The zero-order valence-electron chi connectivity index (χ0n) is 13.7. The minimum Gasteiger partial charge on any atom is -0.323 e. The molecule has 22 heavy (non-hydrogen) atoms. The molecule has 0 heterocycles. The molecule has 2 rings (SSSR count). The summed E-state index contributed by atoms with van der Waals surface area (Å²) in [6.45, 7) is 8.55. The van der Waals surface area contributed by atoms with Crippen molar-refractivity contribution in [3.8, 4) is 0 Å². The van der Waals surface area contributed by atoms with Crippen molar-refractivity contribution in [2.75, 3.05) is 5.32 Å². The number of aryl methyl sites for hydroxylation is 1. The van der Waals surface area contributed by atoms with Crippen LogP contribution in [0.3, 0.4) is 0 Å². The van der Waals surface area contributed by atoms with E-state index in [2.05, 4.69) is 38.2 Å². The van der Waals surface area contributed by atoms with Crippen molar-refractivity contribution in [1.82, 2.24) is 0 Å². The zero-order chi connectivity index (χ0) is 16.2. The average Bonchev–Trinajstić information content (AvgIpc) is 2.46. The molecule has 1 amide bonds. The van der Waals surface area contributed by atoms with E-state index in [0.717, 1.165) is 16.8 Å². The third-order valence-corrected chi connectivity index (χ3v) is 3.62. The smallest absolute Gasteiger partial charge is 0.248 e. The lowest BCUT2D eigenvalue weighted by molar-refractivity contribution is -0.111. The molecule has 0 aliphatic carbocycles. The monoisotopic (exact) mass is 293 g/mol. The third kappa shape index (κ3) is 4.32. The second-order valence-electron chi connectivity index (χ2n) is 6.51. The molecule has 1 N–H and O–H groups in total. The Bertz CT molecular complexity index is 676. The zero-order valence-corrected chi connectivity index (χ0v) is 13.7. The molecule has 2 nitrogen and oxygen atoms in total. The van der Waals surface area contributed by atoms with Gasteiger partial charge in [-0.2, -0.15) is 0 Å². The average molecular weight is 293 g/mol. The SMILES string of the molecule is Cc1ccccc1/C=C/C(=O)Nc1ccc(C(C)(C)C)cc1. The van der Waals surface area contributed by atoms with Gasteiger partial charge in [-0.3, -0.25) is 4.79 Å². The van der Waals surface area contributed by atoms with Crippen LogP contribution in [0.1, 0.15) is 37.5 Å². The lowest BCUT2D eigenvalue weighted by Crippen LogP contribution is -2.12. The Kier molecular flexibility index (Phi) is 4.81. The molecular weight excluding hydrogens is 270 g/mol. The minimum atomic E-state index is -0.119. The van der Waals surface area contributed by atoms with Crippen LogP contribution in [0.5, 0.6) is 0 Å². The molecule has 0 radical (unpaired) electrons. The Hall–Kier alpha value is -2.35. The summed E-state index contributed by atoms with van der Waals surface area (Å²) in [5.41, 5.74) is 4.39. The van der Waals surface area contributed by atoms with E-state index in [0.29, 0.717) is 0 Å². The van der Waals surface area contributed by atoms with E-state index >= 15 is 0 Å². The van der Waals surface area contributed by atoms with Crippen molar-refractivity contribution in [1.29, 1.82) is 0 Å². The summed E-state index contributed by atoms with van der Waals surface area (Å²) < 4.78 is 0. The van der Waals surface area contributed by atoms with Crippen molar-refractivity contribution in [2.45, 2.75) is 33.1 Å². The van der Waals surface area contributed by atoms with Crippen molar-refractivity contribution in [3.05, 3.63) is 71.3 Å². The predicted molar refractivity (Wildman–Crippen MR) is 94.0 cm³/mol. The van der Waals surface area contributed by atoms with E-state index in [1.165, 1.54) is 5.56 Å². The van der Waals surface area contributed by atoms with E-state index in [9.17, 15) is 4.79 Å². The molecule has 0 saturated carbocycles. The molecule has 0 bridgehead atoms. The van der Waals surface area contributed by atoms with Gasteiger partial charge in [0.1, 0.15) is 0 Å². The van der Waals surface area contributed by atoms with Gasteiger partial charge in [0.25, 0.3) is 0 Å². The van der Waals surface area contributed by atoms with Crippen molar-refractivity contribution >= 4 is 17.7 Å². The maximum Gasteiger partial charge on any atom is 0.248 e. The molecule has 2 aromatic carbocycles. The lowest BCUT2D eigenvalue weighted by Gasteiger charge is -2.19. The first-order chi connectivity index (χ1) is 10.4. The Morgan fingerprint density at radius 1 is 1.00 bits per heavy atom. The number of benzene rings is 2. The van der Waals surface area contributed by atoms with Crippen LogP contribution in [0, 0.1) is 6.92 Å². The summed E-state index contributed by atoms with van der Waals surface area (Å²) in [7, 11) is 0. The molecule has 0 aliphatic heterocycles. The van der Waals surface area contributed by atoms with Gasteiger partial charge in [0.05, 0.1) is 0 Å². The summed E-state index contributed by atoms with van der Waals surface area (Å²) in [6, 6.07) is 16.0. The van der Waals surface area contributed by atoms with Gasteiger partial charge in [0, 0.05) is 11.8 Å². The number of hydrogen-bond donors (Lipinski definition) is 1. The summed E-state index contributed by atoms with van der Waals surface area (Å²) in [6.07, 6.45) is 3.41. The van der Waals surface area contributed by atoms with Crippen LogP contribution < -0.4 is 5.32 Å². The summed E-state index contributed by atoms with van der Waals surface area (Å²) in [5, 5.41) is 2.88. The highest BCUT2D eigenvalue weighted by Gasteiger charge is 2.12. The molecule has 2 aromatic rings.